The van der Waals surface area contributed by atoms with Gasteiger partial charge in [0, 0.05) is 16.0 Å². The number of nitrogen functional groups attached to an aromatic ring is 1. The number of benzene rings is 1. The Morgan fingerprint density at radius 1 is 1.21 bits per heavy atom. The average Bonchev–Trinajstić information content (AvgIpc) is 2.53. The van der Waals surface area contributed by atoms with Crippen molar-refractivity contribution in [1.29, 1.82) is 0 Å². The molecule has 14 heavy (non-hydrogen) atoms. The van der Waals surface area contributed by atoms with Crippen LogP contribution in [0.2, 0.25) is 5.02 Å². The summed E-state index contributed by atoms with van der Waals surface area (Å²) in [5.41, 5.74) is 7.47. The number of hydrogen-bond acceptors (Lipinski definition) is 3. The third-order valence-electron chi connectivity index (χ3n) is 1.66. The molecule has 0 aliphatic heterocycles. The number of nitrogens with zero attached hydrogens (tertiary/aromatic N) is 1. The van der Waals surface area contributed by atoms with Gasteiger partial charge in [0.05, 0.1) is 5.69 Å². The van der Waals surface area contributed by atoms with E-state index in [0.717, 1.165) is 16.3 Å². The van der Waals surface area contributed by atoms with E-state index < -0.39 is 0 Å². The van der Waals surface area contributed by atoms with Gasteiger partial charge in [0.25, 0.3) is 0 Å². The highest BCUT2D eigenvalue weighted by atomic mass is 79.9. The predicted molar refractivity (Wildman–Crippen MR) is 67.3 cm³/mol. The molecule has 0 fully saturated rings. The van der Waals surface area contributed by atoms with Crippen LogP contribution >= 0.6 is 39.9 Å². The van der Waals surface area contributed by atoms with Crippen molar-refractivity contribution in [2.75, 3.05) is 5.73 Å². The van der Waals surface area contributed by atoms with Gasteiger partial charge in [-0.15, -0.1) is 28.3 Å². The molecule has 0 aliphatic carbocycles. The number of thiazole rings is 1. The van der Waals surface area contributed by atoms with Gasteiger partial charge in [-0.1, -0.05) is 23.7 Å². The molecule has 1 heterocycles. The van der Waals surface area contributed by atoms with Gasteiger partial charge in [-0.3, -0.25) is 0 Å². The van der Waals surface area contributed by atoms with Gasteiger partial charge in [-0.05, 0) is 12.1 Å². The van der Waals surface area contributed by atoms with E-state index in [9.17, 15) is 0 Å². The monoisotopic (exact) mass is 290 g/mol. The van der Waals surface area contributed by atoms with Gasteiger partial charge < -0.3 is 5.73 Å². The first-order chi connectivity index (χ1) is 6.25. The normalized spacial score (nSPS) is 9.50. The van der Waals surface area contributed by atoms with Crippen LogP contribution in [0.3, 0.4) is 0 Å². The van der Waals surface area contributed by atoms with Gasteiger partial charge in [0.15, 0.2) is 5.13 Å². The molecule has 0 radical (unpaired) electrons. The quantitative estimate of drug-likeness (QED) is 0.871. The number of aromatic nitrogens is 1. The van der Waals surface area contributed by atoms with E-state index in [1.165, 1.54) is 11.3 Å². The van der Waals surface area contributed by atoms with Crippen molar-refractivity contribution < 1.29 is 0 Å². The fourth-order valence-electron chi connectivity index (χ4n) is 1.04. The zero-order valence-electron chi connectivity index (χ0n) is 7.11. The molecule has 1 aromatic carbocycles. The molecule has 0 saturated carbocycles. The number of nitrogens with two attached hydrogens (primary N) is 1. The van der Waals surface area contributed by atoms with Gasteiger partial charge in [-0.2, -0.15) is 0 Å². The summed E-state index contributed by atoms with van der Waals surface area (Å²) >= 11 is 7.20. The maximum absolute atomic E-state index is 5.76. The summed E-state index contributed by atoms with van der Waals surface area (Å²) in [7, 11) is 0. The SMILES string of the molecule is Br.Nc1nc(-c2ccc(Cl)cc2)cs1. The molecular formula is C9H8BrClN2S. The first-order valence-corrected chi connectivity index (χ1v) is 4.98. The molecular weight excluding hydrogens is 284 g/mol. The van der Waals surface area contributed by atoms with E-state index in [2.05, 4.69) is 4.98 Å². The van der Waals surface area contributed by atoms with E-state index in [1.807, 2.05) is 29.6 Å². The number of hydrogen-bond donors (Lipinski definition) is 1. The van der Waals surface area contributed by atoms with Gasteiger partial charge in [0.1, 0.15) is 0 Å². The molecule has 1 aromatic heterocycles. The largest absolute Gasteiger partial charge is 0.375 e. The van der Waals surface area contributed by atoms with Crippen molar-refractivity contribution in [3.05, 3.63) is 34.7 Å². The Labute approximate surface area is 102 Å². The van der Waals surface area contributed by atoms with Crippen LogP contribution in [0.15, 0.2) is 29.6 Å². The van der Waals surface area contributed by atoms with Crippen LogP contribution < -0.4 is 5.73 Å². The molecule has 2 nitrogen and oxygen atoms in total. The second-order valence-corrected chi connectivity index (χ2v) is 3.90. The minimum atomic E-state index is 0. The lowest BCUT2D eigenvalue weighted by atomic mass is 10.2. The Bertz CT molecular complexity index is 413. The molecule has 5 heteroatoms. The van der Waals surface area contributed by atoms with Crippen LogP contribution in [0.4, 0.5) is 5.13 Å². The second-order valence-electron chi connectivity index (χ2n) is 2.58. The van der Waals surface area contributed by atoms with Crippen molar-refractivity contribution in [1.82, 2.24) is 4.98 Å². The highest BCUT2D eigenvalue weighted by Gasteiger charge is 2.01. The molecule has 0 spiro atoms. The molecule has 2 rings (SSSR count). The Morgan fingerprint density at radius 2 is 1.86 bits per heavy atom. The number of anilines is 1. The molecule has 0 aliphatic rings. The first kappa shape index (κ1) is 11.5. The number of rotatable bonds is 1. The van der Waals surface area contributed by atoms with Crippen molar-refractivity contribution >= 4 is 45.1 Å². The highest BCUT2D eigenvalue weighted by Crippen LogP contribution is 2.24. The van der Waals surface area contributed by atoms with Crippen LogP contribution in [0, 0.1) is 0 Å². The van der Waals surface area contributed by atoms with Crippen LogP contribution in [0.25, 0.3) is 11.3 Å². The average molecular weight is 292 g/mol. The van der Waals surface area contributed by atoms with Crippen LogP contribution in [-0.2, 0) is 0 Å². The van der Waals surface area contributed by atoms with E-state index in [4.69, 9.17) is 17.3 Å². The lowest BCUT2D eigenvalue weighted by molar-refractivity contribution is 1.41. The summed E-state index contributed by atoms with van der Waals surface area (Å²) in [4.78, 5) is 4.16. The fourth-order valence-corrected chi connectivity index (χ4v) is 1.74. The lowest BCUT2D eigenvalue weighted by Crippen LogP contribution is -1.82. The summed E-state index contributed by atoms with van der Waals surface area (Å²) in [6.07, 6.45) is 0. The Balaban J connectivity index is 0.000000980. The predicted octanol–water partition coefficient (Wildman–Crippen LogP) is 3.62. The van der Waals surface area contributed by atoms with Gasteiger partial charge in [-0.25, -0.2) is 4.98 Å². The summed E-state index contributed by atoms with van der Waals surface area (Å²) in [6, 6.07) is 7.53. The Kier molecular flexibility index (Phi) is 3.92. The smallest absolute Gasteiger partial charge is 0.180 e. The zero-order chi connectivity index (χ0) is 9.26. The highest BCUT2D eigenvalue weighted by molar-refractivity contribution is 8.93. The lowest BCUT2D eigenvalue weighted by Gasteiger charge is -1.95. The minimum absolute atomic E-state index is 0. The van der Waals surface area contributed by atoms with E-state index >= 15 is 0 Å². The zero-order valence-corrected chi connectivity index (χ0v) is 10.4. The molecule has 74 valence electrons. The molecule has 0 bridgehead atoms. The van der Waals surface area contributed by atoms with Crippen molar-refractivity contribution in [3.8, 4) is 11.3 Å². The minimum Gasteiger partial charge on any atom is -0.375 e. The maximum atomic E-state index is 5.76. The second kappa shape index (κ2) is 4.77. The fraction of sp³-hybridized carbons (Fsp3) is 0. The van der Waals surface area contributed by atoms with Gasteiger partial charge >= 0.3 is 0 Å². The van der Waals surface area contributed by atoms with Crippen LogP contribution in [-0.4, -0.2) is 4.98 Å². The summed E-state index contributed by atoms with van der Waals surface area (Å²) in [5.74, 6) is 0. The summed E-state index contributed by atoms with van der Waals surface area (Å²) < 4.78 is 0. The van der Waals surface area contributed by atoms with Crippen molar-refractivity contribution in [3.63, 3.8) is 0 Å². The van der Waals surface area contributed by atoms with Crippen molar-refractivity contribution in [2.24, 2.45) is 0 Å². The molecule has 2 aromatic rings. The summed E-state index contributed by atoms with van der Waals surface area (Å²) in [6.45, 7) is 0. The first-order valence-electron chi connectivity index (χ1n) is 3.72. The van der Waals surface area contributed by atoms with E-state index in [0.29, 0.717) is 5.13 Å². The number of halogens is 2. The standard InChI is InChI=1S/C9H7ClN2S.BrH/c10-7-3-1-6(2-4-7)8-5-13-9(11)12-8;/h1-5H,(H2,11,12);1H. The van der Waals surface area contributed by atoms with E-state index in [-0.39, 0.29) is 17.0 Å². The van der Waals surface area contributed by atoms with Crippen LogP contribution in [0.1, 0.15) is 0 Å². The third kappa shape index (κ3) is 2.47. The molecule has 2 N–H and O–H groups in total. The third-order valence-corrected chi connectivity index (χ3v) is 2.59. The van der Waals surface area contributed by atoms with Gasteiger partial charge in [0.2, 0.25) is 0 Å². The van der Waals surface area contributed by atoms with Crippen LogP contribution in [0.5, 0.6) is 0 Å². The van der Waals surface area contributed by atoms with E-state index in [1.54, 1.807) is 0 Å². The van der Waals surface area contributed by atoms with Crippen molar-refractivity contribution in [2.45, 2.75) is 0 Å². The summed E-state index contributed by atoms with van der Waals surface area (Å²) in [5, 5.41) is 3.25. The molecule has 0 unspecified atom stereocenters. The molecule has 0 saturated heterocycles. The topological polar surface area (TPSA) is 38.9 Å². The maximum Gasteiger partial charge on any atom is 0.180 e. The molecule has 0 amide bonds. The molecule has 0 atom stereocenters. The Hall–Kier alpha value is -0.580. The Morgan fingerprint density at radius 3 is 2.36 bits per heavy atom.